The molecule has 0 saturated carbocycles. The van der Waals surface area contributed by atoms with Crippen molar-refractivity contribution in [3.63, 3.8) is 0 Å². The number of alkyl carbamates (subject to hydrolysis) is 1. The van der Waals surface area contributed by atoms with E-state index >= 15 is 0 Å². The molecule has 1 aliphatic carbocycles. The van der Waals surface area contributed by atoms with Gasteiger partial charge in [-0.05, 0) is 34.6 Å². The number of ether oxygens (including phenoxy) is 1. The average Bonchev–Trinajstić information content (AvgIpc) is 3.11. The SMILES string of the molecule is CC(CCC(=O)O)CNC(=O)/C=C/CNC(=O)OCC1c2ccccc2-c2ccccc21. The third-order valence-corrected chi connectivity index (χ3v) is 5.45. The first kappa shape index (κ1) is 23.1. The Bertz CT molecular complexity index is 956. The molecule has 2 aromatic carbocycles. The van der Waals surface area contributed by atoms with E-state index < -0.39 is 12.1 Å². The van der Waals surface area contributed by atoms with Gasteiger partial charge in [-0.15, -0.1) is 0 Å². The Kier molecular flexibility index (Phi) is 8.02. The van der Waals surface area contributed by atoms with Gasteiger partial charge in [-0.2, -0.15) is 0 Å². The second-order valence-corrected chi connectivity index (χ2v) is 7.89. The van der Waals surface area contributed by atoms with E-state index in [1.165, 1.54) is 17.2 Å². The summed E-state index contributed by atoms with van der Waals surface area (Å²) in [7, 11) is 0. The maximum atomic E-state index is 12.1. The minimum absolute atomic E-state index is 0.00223. The molecular formula is C25H28N2O5. The van der Waals surface area contributed by atoms with E-state index in [2.05, 4.69) is 34.9 Å². The van der Waals surface area contributed by atoms with Crippen molar-refractivity contribution < 1.29 is 24.2 Å². The monoisotopic (exact) mass is 436 g/mol. The zero-order valence-corrected chi connectivity index (χ0v) is 18.0. The van der Waals surface area contributed by atoms with Crippen LogP contribution in [0.5, 0.6) is 0 Å². The zero-order valence-electron chi connectivity index (χ0n) is 18.0. The first-order chi connectivity index (χ1) is 15.5. The second kappa shape index (κ2) is 11.1. The molecule has 1 unspecified atom stereocenters. The fourth-order valence-corrected chi connectivity index (χ4v) is 3.76. The number of nitrogens with one attached hydrogen (secondary N) is 2. The quantitative estimate of drug-likeness (QED) is 0.493. The molecule has 1 aliphatic rings. The number of rotatable bonds is 10. The molecule has 3 N–H and O–H groups in total. The Labute approximate surface area is 187 Å². The van der Waals surface area contributed by atoms with Crippen LogP contribution in [0.3, 0.4) is 0 Å². The van der Waals surface area contributed by atoms with Crippen LogP contribution in [0.1, 0.15) is 36.8 Å². The first-order valence-corrected chi connectivity index (χ1v) is 10.7. The summed E-state index contributed by atoms with van der Waals surface area (Å²) in [5.41, 5.74) is 4.64. The van der Waals surface area contributed by atoms with E-state index in [-0.39, 0.29) is 37.3 Å². The van der Waals surface area contributed by atoms with Gasteiger partial charge in [0.25, 0.3) is 0 Å². The lowest BCUT2D eigenvalue weighted by molar-refractivity contribution is -0.137. The van der Waals surface area contributed by atoms with Crippen molar-refractivity contribution >= 4 is 18.0 Å². The topological polar surface area (TPSA) is 105 Å². The number of hydrogen-bond donors (Lipinski definition) is 3. The molecule has 0 heterocycles. The number of carbonyl (C=O) groups excluding carboxylic acids is 2. The molecule has 168 valence electrons. The number of amides is 2. The molecule has 3 rings (SSSR count). The fraction of sp³-hybridized carbons (Fsp3) is 0.320. The lowest BCUT2D eigenvalue weighted by Crippen LogP contribution is -2.28. The van der Waals surface area contributed by atoms with E-state index in [1.807, 2.05) is 31.2 Å². The molecular weight excluding hydrogens is 408 g/mol. The number of hydrogen-bond acceptors (Lipinski definition) is 4. The molecule has 0 aromatic heterocycles. The Balaban J connectivity index is 1.40. The van der Waals surface area contributed by atoms with Gasteiger partial charge in [0.1, 0.15) is 6.61 Å². The Morgan fingerprint density at radius 1 is 1.03 bits per heavy atom. The van der Waals surface area contributed by atoms with Gasteiger partial charge in [0.2, 0.25) is 5.91 Å². The third kappa shape index (κ3) is 6.20. The van der Waals surface area contributed by atoms with Crippen LogP contribution in [0.2, 0.25) is 0 Å². The van der Waals surface area contributed by atoms with Gasteiger partial charge in [0.15, 0.2) is 0 Å². The molecule has 0 spiro atoms. The minimum Gasteiger partial charge on any atom is -0.481 e. The zero-order chi connectivity index (χ0) is 22.9. The maximum absolute atomic E-state index is 12.1. The Hall–Kier alpha value is -3.61. The molecule has 0 radical (unpaired) electrons. The van der Waals surface area contributed by atoms with Crippen molar-refractivity contribution in [1.82, 2.24) is 10.6 Å². The molecule has 0 saturated heterocycles. The van der Waals surface area contributed by atoms with Crippen molar-refractivity contribution in [1.29, 1.82) is 0 Å². The lowest BCUT2D eigenvalue weighted by Gasteiger charge is -2.14. The molecule has 0 aliphatic heterocycles. The molecule has 0 bridgehead atoms. The van der Waals surface area contributed by atoms with Gasteiger partial charge in [0, 0.05) is 31.5 Å². The van der Waals surface area contributed by atoms with Gasteiger partial charge in [-0.1, -0.05) is 61.5 Å². The predicted molar refractivity (Wildman–Crippen MR) is 121 cm³/mol. The summed E-state index contributed by atoms with van der Waals surface area (Å²) < 4.78 is 5.44. The highest BCUT2D eigenvalue weighted by Crippen LogP contribution is 2.44. The maximum Gasteiger partial charge on any atom is 0.407 e. The average molecular weight is 437 g/mol. The summed E-state index contributed by atoms with van der Waals surface area (Å²) in [6.45, 7) is 2.68. The summed E-state index contributed by atoms with van der Waals surface area (Å²) in [6.07, 6.45) is 2.92. The standard InChI is InChI=1S/C25H28N2O5/c1-17(12-13-24(29)30)15-27-23(28)11-6-14-26-25(31)32-16-22-20-9-4-2-7-18(20)19-8-3-5-10-21(19)22/h2-11,17,22H,12-16H2,1H3,(H,26,31)(H,27,28)(H,29,30)/b11-6+. The molecule has 7 heteroatoms. The largest absolute Gasteiger partial charge is 0.481 e. The fourth-order valence-electron chi connectivity index (χ4n) is 3.76. The summed E-state index contributed by atoms with van der Waals surface area (Å²) in [5, 5.41) is 14.0. The van der Waals surface area contributed by atoms with Crippen LogP contribution in [-0.2, 0) is 14.3 Å². The van der Waals surface area contributed by atoms with Gasteiger partial charge in [-0.25, -0.2) is 4.79 Å². The van der Waals surface area contributed by atoms with E-state index in [1.54, 1.807) is 6.08 Å². The minimum atomic E-state index is -0.845. The number of carboxylic acid groups (broad SMARTS) is 1. The first-order valence-electron chi connectivity index (χ1n) is 10.7. The van der Waals surface area contributed by atoms with Crippen LogP contribution in [0.15, 0.2) is 60.7 Å². The summed E-state index contributed by atoms with van der Waals surface area (Å²) in [4.78, 5) is 34.5. The van der Waals surface area contributed by atoms with Crippen LogP contribution >= 0.6 is 0 Å². The molecule has 32 heavy (non-hydrogen) atoms. The number of carboxylic acids is 1. The highest BCUT2D eigenvalue weighted by atomic mass is 16.5. The number of carbonyl (C=O) groups is 3. The van der Waals surface area contributed by atoms with Gasteiger partial charge in [-0.3, -0.25) is 9.59 Å². The van der Waals surface area contributed by atoms with Crippen molar-refractivity contribution in [3.8, 4) is 11.1 Å². The van der Waals surface area contributed by atoms with E-state index in [0.717, 1.165) is 11.1 Å². The van der Waals surface area contributed by atoms with E-state index in [4.69, 9.17) is 9.84 Å². The Morgan fingerprint density at radius 2 is 1.66 bits per heavy atom. The molecule has 2 aromatic rings. The molecule has 7 nitrogen and oxygen atoms in total. The molecule has 0 fully saturated rings. The smallest absolute Gasteiger partial charge is 0.407 e. The number of aliphatic carboxylic acids is 1. The second-order valence-electron chi connectivity index (χ2n) is 7.89. The highest BCUT2D eigenvalue weighted by Gasteiger charge is 2.28. The molecule has 1 atom stereocenters. The predicted octanol–water partition coefficient (Wildman–Crippen LogP) is 3.70. The van der Waals surface area contributed by atoms with Crippen LogP contribution in [-0.4, -0.2) is 42.8 Å². The van der Waals surface area contributed by atoms with E-state index in [9.17, 15) is 14.4 Å². The van der Waals surface area contributed by atoms with Crippen molar-refractivity contribution in [2.45, 2.75) is 25.7 Å². The van der Waals surface area contributed by atoms with Crippen LogP contribution in [0.25, 0.3) is 11.1 Å². The summed E-state index contributed by atoms with van der Waals surface area (Å²) >= 11 is 0. The van der Waals surface area contributed by atoms with Gasteiger partial charge >= 0.3 is 12.1 Å². The van der Waals surface area contributed by atoms with Crippen molar-refractivity contribution in [2.24, 2.45) is 5.92 Å². The summed E-state index contributed by atoms with van der Waals surface area (Å²) in [6, 6.07) is 16.3. The number of benzene rings is 2. The third-order valence-electron chi connectivity index (χ3n) is 5.45. The van der Waals surface area contributed by atoms with Crippen LogP contribution < -0.4 is 10.6 Å². The summed E-state index contributed by atoms with van der Waals surface area (Å²) in [5.74, 6) is -1.07. The van der Waals surface area contributed by atoms with Crippen molar-refractivity contribution in [3.05, 3.63) is 71.8 Å². The van der Waals surface area contributed by atoms with Crippen LogP contribution in [0.4, 0.5) is 4.79 Å². The van der Waals surface area contributed by atoms with Gasteiger partial charge < -0.3 is 20.5 Å². The van der Waals surface area contributed by atoms with Crippen LogP contribution in [0, 0.1) is 5.92 Å². The molecule has 2 amide bonds. The van der Waals surface area contributed by atoms with Crippen molar-refractivity contribution in [2.75, 3.05) is 19.7 Å². The Morgan fingerprint density at radius 3 is 2.28 bits per heavy atom. The van der Waals surface area contributed by atoms with Gasteiger partial charge in [0.05, 0.1) is 0 Å². The lowest BCUT2D eigenvalue weighted by atomic mass is 9.98. The number of fused-ring (bicyclic) bond motifs is 3. The highest BCUT2D eigenvalue weighted by molar-refractivity contribution is 5.87. The normalized spacial score (nSPS) is 13.3. The van der Waals surface area contributed by atoms with E-state index in [0.29, 0.717) is 13.0 Å².